The van der Waals surface area contributed by atoms with E-state index in [0.29, 0.717) is 17.2 Å². The van der Waals surface area contributed by atoms with E-state index in [1.54, 1.807) is 13.0 Å². The van der Waals surface area contributed by atoms with Crippen molar-refractivity contribution in [2.24, 2.45) is 0 Å². The van der Waals surface area contributed by atoms with Crippen LogP contribution in [0.1, 0.15) is 18.1 Å². The summed E-state index contributed by atoms with van der Waals surface area (Å²) in [5.41, 5.74) is 0.712. The number of hydrogen-bond donors (Lipinski definition) is 0. The second kappa shape index (κ2) is 5.68. The molecule has 0 N–H and O–H groups in total. The summed E-state index contributed by atoms with van der Waals surface area (Å²) >= 11 is 1.15. The lowest BCUT2D eigenvalue weighted by Gasteiger charge is -2.04. The van der Waals surface area contributed by atoms with Crippen LogP contribution < -0.4 is 0 Å². The second-order valence-corrected chi connectivity index (χ2v) is 5.01. The molecule has 0 aliphatic carbocycles. The number of aromatic nitrogens is 4. The van der Waals surface area contributed by atoms with Gasteiger partial charge >= 0.3 is 6.55 Å². The van der Waals surface area contributed by atoms with Gasteiger partial charge in [-0.2, -0.15) is 8.78 Å². The van der Waals surface area contributed by atoms with Crippen molar-refractivity contribution in [1.82, 2.24) is 19.7 Å². The molecule has 0 fully saturated rings. The summed E-state index contributed by atoms with van der Waals surface area (Å²) in [7, 11) is 0. The minimum absolute atomic E-state index is 0.212. The van der Waals surface area contributed by atoms with Crippen molar-refractivity contribution in [2.45, 2.75) is 24.4 Å². The lowest BCUT2D eigenvalue weighted by Crippen LogP contribution is -2.01. The van der Waals surface area contributed by atoms with Crippen LogP contribution in [0.15, 0.2) is 38.8 Å². The summed E-state index contributed by atoms with van der Waals surface area (Å²) in [4.78, 5) is 3.88. The monoisotopic (exact) mass is 312 g/mol. The molecule has 6 nitrogen and oxygen atoms in total. The van der Waals surface area contributed by atoms with Crippen LogP contribution in [0.3, 0.4) is 0 Å². The summed E-state index contributed by atoms with van der Waals surface area (Å²) in [5, 5.41) is 8.06. The van der Waals surface area contributed by atoms with Gasteiger partial charge in [0.05, 0.1) is 17.6 Å². The molecule has 0 unspecified atom stereocenters. The van der Waals surface area contributed by atoms with Gasteiger partial charge < -0.3 is 8.83 Å². The Bertz CT molecular complexity index is 737. The first-order valence-corrected chi connectivity index (χ1v) is 6.94. The van der Waals surface area contributed by atoms with Crippen LogP contribution in [0.5, 0.6) is 0 Å². The molecule has 3 aromatic rings. The highest BCUT2D eigenvalue weighted by Gasteiger charge is 2.15. The largest absolute Gasteiger partial charge is 0.469 e. The molecule has 3 rings (SSSR count). The highest BCUT2D eigenvalue weighted by molar-refractivity contribution is 7.98. The minimum atomic E-state index is -2.62. The minimum Gasteiger partial charge on any atom is -0.469 e. The number of alkyl halides is 2. The fraction of sp³-hybridized carbons (Fsp3) is 0.250. The summed E-state index contributed by atoms with van der Waals surface area (Å²) in [5.74, 6) is 1.46. The van der Waals surface area contributed by atoms with Gasteiger partial charge in [0.15, 0.2) is 0 Å². The molecule has 0 aliphatic rings. The maximum atomic E-state index is 12.7. The first-order chi connectivity index (χ1) is 10.1. The molecule has 9 heteroatoms. The molecule has 0 atom stereocenters. The Morgan fingerprint density at radius 2 is 2.24 bits per heavy atom. The van der Waals surface area contributed by atoms with Crippen LogP contribution in [0.25, 0.3) is 11.5 Å². The highest BCUT2D eigenvalue weighted by Crippen LogP contribution is 2.28. The molecule has 0 spiro atoms. The van der Waals surface area contributed by atoms with Crippen LogP contribution in [-0.2, 0) is 5.75 Å². The summed E-state index contributed by atoms with van der Waals surface area (Å²) in [6.45, 7) is -0.832. The van der Waals surface area contributed by atoms with Gasteiger partial charge in [0.2, 0.25) is 0 Å². The SMILES string of the molecule is Cc1occc1-c1nnc(SCc2nccn2C(F)F)o1. The Hall–Kier alpha value is -2.16. The molecule has 110 valence electrons. The van der Waals surface area contributed by atoms with E-state index in [1.165, 1.54) is 18.7 Å². The number of nitrogens with zero attached hydrogens (tertiary/aromatic N) is 4. The molecule has 0 saturated carbocycles. The zero-order valence-electron chi connectivity index (χ0n) is 10.9. The van der Waals surface area contributed by atoms with Crippen LogP contribution in [-0.4, -0.2) is 19.7 Å². The van der Waals surface area contributed by atoms with Crippen molar-refractivity contribution in [3.8, 4) is 11.5 Å². The quantitative estimate of drug-likeness (QED) is 0.671. The maximum absolute atomic E-state index is 12.7. The Morgan fingerprint density at radius 3 is 2.95 bits per heavy atom. The number of halogens is 2. The Morgan fingerprint density at radius 1 is 1.38 bits per heavy atom. The Labute approximate surface area is 122 Å². The van der Waals surface area contributed by atoms with Gasteiger partial charge in [-0.3, -0.25) is 4.57 Å². The molecular weight excluding hydrogens is 302 g/mol. The smallest absolute Gasteiger partial charge is 0.319 e. The van der Waals surface area contributed by atoms with E-state index in [-0.39, 0.29) is 16.8 Å². The third kappa shape index (κ3) is 2.82. The summed E-state index contributed by atoms with van der Waals surface area (Å²) < 4.78 is 36.8. The average molecular weight is 312 g/mol. The van der Waals surface area contributed by atoms with Crippen molar-refractivity contribution < 1.29 is 17.6 Å². The molecule has 0 aliphatic heterocycles. The summed E-state index contributed by atoms with van der Waals surface area (Å²) in [6, 6.07) is 1.72. The second-order valence-electron chi connectivity index (χ2n) is 4.08. The van der Waals surface area contributed by atoms with Gasteiger partial charge in [-0.15, -0.1) is 10.2 Å². The molecule has 0 aromatic carbocycles. The van der Waals surface area contributed by atoms with E-state index in [4.69, 9.17) is 8.83 Å². The van der Waals surface area contributed by atoms with Gasteiger partial charge in [-0.1, -0.05) is 11.8 Å². The predicted molar refractivity (Wildman–Crippen MR) is 69.8 cm³/mol. The van der Waals surface area contributed by atoms with Gasteiger partial charge in [0, 0.05) is 12.4 Å². The first kappa shape index (κ1) is 13.8. The Balaban J connectivity index is 1.71. The molecular formula is C12H10F2N4O2S. The number of furan rings is 1. The first-order valence-electron chi connectivity index (χ1n) is 5.96. The lowest BCUT2D eigenvalue weighted by molar-refractivity contribution is 0.0678. The van der Waals surface area contributed by atoms with Gasteiger partial charge in [0.25, 0.3) is 11.1 Å². The Kier molecular flexibility index (Phi) is 3.74. The van der Waals surface area contributed by atoms with Crippen molar-refractivity contribution in [3.05, 3.63) is 36.3 Å². The zero-order valence-corrected chi connectivity index (χ0v) is 11.7. The zero-order chi connectivity index (χ0) is 14.8. The molecule has 0 bridgehead atoms. The van der Waals surface area contributed by atoms with E-state index in [1.807, 2.05) is 0 Å². The lowest BCUT2D eigenvalue weighted by atomic mass is 10.3. The van der Waals surface area contributed by atoms with Crippen molar-refractivity contribution in [2.75, 3.05) is 0 Å². The van der Waals surface area contributed by atoms with E-state index in [0.717, 1.165) is 16.3 Å². The van der Waals surface area contributed by atoms with Crippen LogP contribution in [0.4, 0.5) is 8.78 Å². The number of aryl methyl sites for hydroxylation is 1. The van der Waals surface area contributed by atoms with Crippen molar-refractivity contribution in [1.29, 1.82) is 0 Å². The molecule has 0 amide bonds. The normalized spacial score (nSPS) is 11.4. The van der Waals surface area contributed by atoms with Gasteiger partial charge in [-0.25, -0.2) is 4.98 Å². The fourth-order valence-electron chi connectivity index (χ4n) is 1.74. The van der Waals surface area contributed by atoms with Crippen LogP contribution in [0.2, 0.25) is 0 Å². The molecule has 21 heavy (non-hydrogen) atoms. The van der Waals surface area contributed by atoms with E-state index < -0.39 is 6.55 Å². The maximum Gasteiger partial charge on any atom is 0.319 e. The van der Waals surface area contributed by atoms with E-state index in [2.05, 4.69) is 15.2 Å². The topological polar surface area (TPSA) is 69.9 Å². The molecule has 3 aromatic heterocycles. The molecule has 0 radical (unpaired) electrons. The number of rotatable bonds is 5. The van der Waals surface area contributed by atoms with E-state index >= 15 is 0 Å². The third-order valence-corrected chi connectivity index (χ3v) is 3.59. The van der Waals surface area contributed by atoms with Gasteiger partial charge in [-0.05, 0) is 13.0 Å². The highest BCUT2D eigenvalue weighted by atomic mass is 32.2. The summed E-state index contributed by atoms with van der Waals surface area (Å²) in [6.07, 6.45) is 4.09. The number of imidazole rings is 1. The number of hydrogen-bond acceptors (Lipinski definition) is 6. The van der Waals surface area contributed by atoms with Crippen molar-refractivity contribution in [3.63, 3.8) is 0 Å². The van der Waals surface area contributed by atoms with E-state index in [9.17, 15) is 8.78 Å². The average Bonchev–Trinajstić information content (AvgIpc) is 3.15. The van der Waals surface area contributed by atoms with Gasteiger partial charge in [0.1, 0.15) is 11.6 Å². The van der Waals surface area contributed by atoms with Crippen molar-refractivity contribution >= 4 is 11.8 Å². The fourth-order valence-corrected chi connectivity index (χ4v) is 2.46. The molecule has 3 heterocycles. The van der Waals surface area contributed by atoms with Crippen LogP contribution >= 0.6 is 11.8 Å². The standard InChI is InChI=1S/C12H10F2N4O2S/c1-7-8(2-5-19-7)10-16-17-12(20-10)21-6-9-15-3-4-18(9)11(13)14/h2-5,11H,6H2,1H3. The molecule has 0 saturated heterocycles. The third-order valence-electron chi connectivity index (χ3n) is 2.78. The number of thioether (sulfide) groups is 1. The van der Waals surface area contributed by atoms with Crippen LogP contribution in [0, 0.1) is 6.92 Å². The predicted octanol–water partition coefficient (Wildman–Crippen LogP) is 3.52.